The number of hydrogen-bond acceptors (Lipinski definition) is 2. The number of fused-ring (bicyclic) bond motifs is 1. The zero-order chi connectivity index (χ0) is 8.72. The van der Waals surface area contributed by atoms with Crippen LogP contribution in [0.2, 0.25) is 0 Å². The SMILES string of the molecule is Nc1cc(Br)cc2n[nH]c(F)c12. The lowest BCUT2D eigenvalue weighted by atomic mass is 10.2. The van der Waals surface area contributed by atoms with Crippen LogP contribution in [0.4, 0.5) is 10.1 Å². The number of hydrogen-bond donors (Lipinski definition) is 2. The summed E-state index contributed by atoms with van der Waals surface area (Å²) in [5.41, 5.74) is 6.48. The maximum absolute atomic E-state index is 12.9. The zero-order valence-electron chi connectivity index (χ0n) is 5.94. The van der Waals surface area contributed by atoms with Crippen LogP contribution >= 0.6 is 15.9 Å². The molecule has 0 bridgehead atoms. The van der Waals surface area contributed by atoms with E-state index in [0.717, 1.165) is 4.47 Å². The van der Waals surface area contributed by atoms with E-state index in [4.69, 9.17) is 5.73 Å². The van der Waals surface area contributed by atoms with E-state index >= 15 is 0 Å². The van der Waals surface area contributed by atoms with Crippen LogP contribution in [0.25, 0.3) is 10.9 Å². The maximum atomic E-state index is 12.9. The van der Waals surface area contributed by atoms with Crippen molar-refractivity contribution in [3.05, 3.63) is 22.6 Å². The number of anilines is 1. The molecule has 0 spiro atoms. The van der Waals surface area contributed by atoms with Crippen LogP contribution in [0.1, 0.15) is 0 Å². The second-order valence-electron chi connectivity index (χ2n) is 2.43. The number of aromatic amines is 1. The fourth-order valence-electron chi connectivity index (χ4n) is 1.11. The fourth-order valence-corrected chi connectivity index (χ4v) is 1.57. The largest absolute Gasteiger partial charge is 0.398 e. The van der Waals surface area contributed by atoms with Gasteiger partial charge >= 0.3 is 0 Å². The number of nitrogens with zero attached hydrogens (tertiary/aromatic N) is 1. The number of nitrogen functional groups attached to an aromatic ring is 1. The summed E-state index contributed by atoms with van der Waals surface area (Å²) >= 11 is 3.24. The summed E-state index contributed by atoms with van der Waals surface area (Å²) in [5.74, 6) is -0.491. The first-order valence-electron chi connectivity index (χ1n) is 3.27. The Hall–Kier alpha value is -1.10. The first-order valence-corrected chi connectivity index (χ1v) is 4.06. The van der Waals surface area contributed by atoms with Gasteiger partial charge in [-0.25, -0.2) is 0 Å². The van der Waals surface area contributed by atoms with Gasteiger partial charge in [-0.15, -0.1) is 0 Å². The van der Waals surface area contributed by atoms with Gasteiger partial charge in [0, 0.05) is 10.2 Å². The lowest BCUT2D eigenvalue weighted by Crippen LogP contribution is -1.86. The minimum absolute atomic E-state index is 0.346. The molecule has 3 N–H and O–H groups in total. The molecule has 0 saturated carbocycles. The van der Waals surface area contributed by atoms with Crippen molar-refractivity contribution in [2.24, 2.45) is 0 Å². The zero-order valence-corrected chi connectivity index (χ0v) is 7.52. The van der Waals surface area contributed by atoms with Gasteiger partial charge in [0.15, 0.2) is 0 Å². The normalized spacial score (nSPS) is 10.8. The molecule has 0 aliphatic rings. The summed E-state index contributed by atoms with van der Waals surface area (Å²) in [6.45, 7) is 0. The van der Waals surface area contributed by atoms with E-state index in [1.165, 1.54) is 0 Å². The topological polar surface area (TPSA) is 54.7 Å². The molecule has 0 unspecified atom stereocenters. The van der Waals surface area contributed by atoms with Gasteiger partial charge in [-0.05, 0) is 12.1 Å². The molecular weight excluding hydrogens is 225 g/mol. The minimum Gasteiger partial charge on any atom is -0.398 e. The highest BCUT2D eigenvalue weighted by Crippen LogP contribution is 2.26. The number of aromatic nitrogens is 2. The number of rotatable bonds is 0. The smallest absolute Gasteiger partial charge is 0.218 e. The van der Waals surface area contributed by atoms with Crippen LogP contribution < -0.4 is 5.73 Å². The fraction of sp³-hybridized carbons (Fsp3) is 0. The van der Waals surface area contributed by atoms with Crippen LogP contribution in [-0.4, -0.2) is 10.2 Å². The second-order valence-corrected chi connectivity index (χ2v) is 3.34. The van der Waals surface area contributed by atoms with E-state index in [2.05, 4.69) is 26.1 Å². The summed E-state index contributed by atoms with van der Waals surface area (Å²) in [7, 11) is 0. The summed E-state index contributed by atoms with van der Waals surface area (Å²) in [6, 6.07) is 3.34. The van der Waals surface area contributed by atoms with Crippen LogP contribution in [0, 0.1) is 5.95 Å². The average molecular weight is 230 g/mol. The van der Waals surface area contributed by atoms with Crippen molar-refractivity contribution in [1.82, 2.24) is 10.2 Å². The highest BCUT2D eigenvalue weighted by Gasteiger charge is 2.08. The molecule has 62 valence electrons. The van der Waals surface area contributed by atoms with E-state index < -0.39 is 5.95 Å². The molecule has 5 heteroatoms. The molecule has 1 heterocycles. The quantitative estimate of drug-likeness (QED) is 0.680. The van der Waals surface area contributed by atoms with E-state index in [9.17, 15) is 4.39 Å². The highest BCUT2D eigenvalue weighted by molar-refractivity contribution is 9.10. The van der Waals surface area contributed by atoms with Crippen molar-refractivity contribution in [2.45, 2.75) is 0 Å². The van der Waals surface area contributed by atoms with Crippen molar-refractivity contribution < 1.29 is 4.39 Å². The molecule has 0 saturated heterocycles. The van der Waals surface area contributed by atoms with Gasteiger partial charge in [0.25, 0.3) is 0 Å². The monoisotopic (exact) mass is 229 g/mol. The van der Waals surface area contributed by atoms with Crippen LogP contribution in [0.5, 0.6) is 0 Å². The highest BCUT2D eigenvalue weighted by atomic mass is 79.9. The number of nitrogens with two attached hydrogens (primary N) is 1. The lowest BCUT2D eigenvalue weighted by molar-refractivity contribution is 0.588. The van der Waals surface area contributed by atoms with Crippen molar-refractivity contribution in [3.63, 3.8) is 0 Å². The summed E-state index contributed by atoms with van der Waals surface area (Å²) < 4.78 is 13.7. The molecule has 0 atom stereocenters. The molecular formula is C7H5BrFN3. The number of benzene rings is 1. The van der Waals surface area contributed by atoms with Crippen molar-refractivity contribution >= 4 is 32.5 Å². The van der Waals surface area contributed by atoms with E-state index in [1.54, 1.807) is 12.1 Å². The Morgan fingerprint density at radius 2 is 2.25 bits per heavy atom. The first-order chi connectivity index (χ1) is 5.68. The van der Waals surface area contributed by atoms with E-state index in [1.807, 2.05) is 0 Å². The van der Waals surface area contributed by atoms with Gasteiger partial charge in [-0.1, -0.05) is 15.9 Å². The van der Waals surface area contributed by atoms with Gasteiger partial charge in [0.05, 0.1) is 10.9 Å². The Morgan fingerprint density at radius 3 is 3.00 bits per heavy atom. The molecule has 2 rings (SSSR count). The predicted molar refractivity (Wildman–Crippen MR) is 48.2 cm³/mol. The van der Waals surface area contributed by atoms with Crippen LogP contribution in [0.3, 0.4) is 0 Å². The van der Waals surface area contributed by atoms with Crippen LogP contribution in [0.15, 0.2) is 16.6 Å². The third-order valence-electron chi connectivity index (χ3n) is 1.61. The van der Waals surface area contributed by atoms with Gasteiger partial charge in [0.2, 0.25) is 5.95 Å². The molecule has 1 aromatic heterocycles. The second kappa shape index (κ2) is 2.45. The molecule has 0 fully saturated rings. The lowest BCUT2D eigenvalue weighted by Gasteiger charge is -1.95. The molecule has 0 radical (unpaired) electrons. The maximum Gasteiger partial charge on any atom is 0.218 e. The van der Waals surface area contributed by atoms with Crippen molar-refractivity contribution in [2.75, 3.05) is 5.73 Å². The third kappa shape index (κ3) is 0.972. The predicted octanol–water partition coefficient (Wildman–Crippen LogP) is 2.05. The Labute approximate surface area is 75.9 Å². The molecule has 3 nitrogen and oxygen atoms in total. The molecule has 12 heavy (non-hydrogen) atoms. The summed E-state index contributed by atoms with van der Waals surface area (Å²) in [5, 5.41) is 6.30. The summed E-state index contributed by atoms with van der Waals surface area (Å²) in [4.78, 5) is 0. The Balaban J connectivity index is 2.93. The van der Waals surface area contributed by atoms with Crippen molar-refractivity contribution in [3.8, 4) is 0 Å². The molecule has 0 aliphatic carbocycles. The Kier molecular flexibility index (Phi) is 1.54. The minimum atomic E-state index is -0.491. The number of H-pyrrole nitrogens is 1. The standard InChI is InChI=1S/C7H5BrFN3/c8-3-1-4(10)6-5(2-3)11-12-7(6)9/h1-2H,10H2,(H,11,12). The average Bonchev–Trinajstić information content (AvgIpc) is 2.31. The summed E-state index contributed by atoms with van der Waals surface area (Å²) in [6.07, 6.45) is 0. The van der Waals surface area contributed by atoms with Gasteiger partial charge in [-0.2, -0.15) is 9.49 Å². The Bertz CT molecular complexity index is 437. The van der Waals surface area contributed by atoms with Gasteiger partial charge in [0.1, 0.15) is 0 Å². The molecule has 0 aliphatic heterocycles. The van der Waals surface area contributed by atoms with Gasteiger partial charge in [-0.3, -0.25) is 5.10 Å². The molecule has 1 aromatic carbocycles. The van der Waals surface area contributed by atoms with E-state index in [-0.39, 0.29) is 0 Å². The molecule has 2 aromatic rings. The molecule has 0 amide bonds. The van der Waals surface area contributed by atoms with E-state index in [0.29, 0.717) is 16.6 Å². The van der Waals surface area contributed by atoms with Crippen molar-refractivity contribution in [1.29, 1.82) is 0 Å². The van der Waals surface area contributed by atoms with Crippen LogP contribution in [-0.2, 0) is 0 Å². The Morgan fingerprint density at radius 1 is 1.50 bits per heavy atom. The first kappa shape index (κ1) is 7.54. The van der Waals surface area contributed by atoms with Gasteiger partial charge < -0.3 is 5.73 Å². The number of halogens is 2. The third-order valence-corrected chi connectivity index (χ3v) is 2.06. The number of nitrogens with one attached hydrogen (secondary N) is 1.